The Labute approximate surface area is 178 Å². The summed E-state index contributed by atoms with van der Waals surface area (Å²) in [6.07, 6.45) is 8.92. The smallest absolute Gasteiger partial charge is 0.269 e. The van der Waals surface area contributed by atoms with E-state index in [9.17, 15) is 10.1 Å². The Morgan fingerprint density at radius 2 is 1.86 bits per heavy atom. The van der Waals surface area contributed by atoms with Gasteiger partial charge < -0.3 is 0 Å². The van der Waals surface area contributed by atoms with Gasteiger partial charge in [-0.25, -0.2) is 0 Å². The van der Waals surface area contributed by atoms with Gasteiger partial charge in [0.25, 0.3) is 5.69 Å². The maximum Gasteiger partial charge on any atom is 0.269 e. The molecule has 2 aromatic rings. The van der Waals surface area contributed by atoms with E-state index in [4.69, 9.17) is 0 Å². The van der Waals surface area contributed by atoms with E-state index in [-0.39, 0.29) is 23.0 Å². The highest BCUT2D eigenvalue weighted by Crippen LogP contribution is 2.55. The highest BCUT2D eigenvalue weighted by atomic mass is 35.5. The lowest BCUT2D eigenvalue weighted by Crippen LogP contribution is -2.61. The molecule has 0 aromatic heterocycles. The topological polar surface area (TPSA) is 46.4 Å². The zero-order chi connectivity index (χ0) is 19.1. The molecule has 0 spiro atoms. The maximum atomic E-state index is 10.9. The minimum Gasteiger partial charge on any atom is -0.299 e. The number of nitro benzene ring substituents is 1. The minimum absolute atomic E-state index is 0. The number of fused-ring (bicyclic) bond motifs is 1. The van der Waals surface area contributed by atoms with Crippen LogP contribution in [0.25, 0.3) is 0 Å². The molecule has 5 rings (SSSR count). The van der Waals surface area contributed by atoms with Gasteiger partial charge in [0.05, 0.1) is 4.92 Å². The van der Waals surface area contributed by atoms with Gasteiger partial charge in [-0.2, -0.15) is 0 Å². The molecule has 3 aliphatic rings. The van der Waals surface area contributed by atoms with Crippen LogP contribution in [0.5, 0.6) is 0 Å². The first-order chi connectivity index (χ1) is 13.7. The van der Waals surface area contributed by atoms with E-state index in [0.717, 1.165) is 18.9 Å². The number of likely N-dealkylation sites (tertiary alicyclic amines) is 1. The zero-order valence-corrected chi connectivity index (χ0v) is 17.6. The number of halogens is 1. The Hall–Kier alpha value is -1.91. The molecule has 3 atom stereocenters. The lowest BCUT2D eigenvalue weighted by atomic mass is 9.52. The van der Waals surface area contributed by atoms with Crippen LogP contribution in [0.2, 0.25) is 0 Å². The van der Waals surface area contributed by atoms with E-state index in [1.54, 1.807) is 23.3 Å². The molecule has 1 aliphatic heterocycles. The largest absolute Gasteiger partial charge is 0.299 e. The van der Waals surface area contributed by atoms with Crippen LogP contribution in [-0.4, -0.2) is 29.0 Å². The van der Waals surface area contributed by atoms with Crippen molar-refractivity contribution in [2.75, 3.05) is 13.1 Å². The summed E-state index contributed by atoms with van der Waals surface area (Å²) in [5.74, 6) is 0.793. The third-order valence-corrected chi connectivity index (χ3v) is 7.69. The number of hydrogen-bond acceptors (Lipinski definition) is 3. The third-order valence-electron chi connectivity index (χ3n) is 7.69. The predicted molar refractivity (Wildman–Crippen MR) is 118 cm³/mol. The van der Waals surface area contributed by atoms with Gasteiger partial charge in [0.1, 0.15) is 0 Å². The van der Waals surface area contributed by atoms with Gasteiger partial charge >= 0.3 is 0 Å². The molecule has 2 bridgehead atoms. The summed E-state index contributed by atoms with van der Waals surface area (Å²) < 4.78 is 0. The summed E-state index contributed by atoms with van der Waals surface area (Å²) in [7, 11) is 0. The van der Waals surface area contributed by atoms with Crippen molar-refractivity contribution in [3.8, 4) is 0 Å². The maximum absolute atomic E-state index is 10.9. The number of nitro groups is 1. The van der Waals surface area contributed by atoms with Crippen molar-refractivity contribution in [3.63, 3.8) is 0 Å². The van der Waals surface area contributed by atoms with E-state index in [1.807, 2.05) is 12.1 Å². The molecule has 5 heteroatoms. The number of hydrogen-bond donors (Lipinski definition) is 0. The molecular formula is C24H29ClN2O2. The van der Waals surface area contributed by atoms with Gasteiger partial charge in [-0.1, -0.05) is 49.2 Å². The first-order valence-corrected chi connectivity index (χ1v) is 10.7. The molecule has 1 saturated carbocycles. The van der Waals surface area contributed by atoms with Crippen LogP contribution >= 0.6 is 12.4 Å². The van der Waals surface area contributed by atoms with E-state index >= 15 is 0 Å². The normalized spacial score (nSPS) is 28.0. The fourth-order valence-corrected chi connectivity index (χ4v) is 6.39. The van der Waals surface area contributed by atoms with Crippen LogP contribution in [0, 0.1) is 16.0 Å². The van der Waals surface area contributed by atoms with E-state index < -0.39 is 0 Å². The van der Waals surface area contributed by atoms with Crippen LogP contribution in [0.15, 0.2) is 48.5 Å². The minimum atomic E-state index is -0.323. The van der Waals surface area contributed by atoms with Gasteiger partial charge in [0.15, 0.2) is 0 Å². The second-order valence-corrected chi connectivity index (χ2v) is 8.90. The standard InChI is InChI=1S/C24H28N2O2.ClH/c27-26(28)20-10-8-18(9-11-20)12-15-25-16-14-24-13-4-3-7-22(24)23(25)17-19-5-1-2-6-21(19)24;/h1-2,5-6,8-11,22-23H,3-4,7,12-17H2;1H/t22-,23-,24+;/m0./s1. The molecule has 2 aliphatic carbocycles. The second-order valence-electron chi connectivity index (χ2n) is 8.90. The molecular weight excluding hydrogens is 384 g/mol. The van der Waals surface area contributed by atoms with E-state index in [0.29, 0.717) is 11.5 Å². The monoisotopic (exact) mass is 412 g/mol. The van der Waals surface area contributed by atoms with Crippen LogP contribution in [0.1, 0.15) is 48.8 Å². The lowest BCUT2D eigenvalue weighted by Gasteiger charge is -2.59. The highest BCUT2D eigenvalue weighted by molar-refractivity contribution is 5.85. The average Bonchev–Trinajstić information content (AvgIpc) is 2.73. The zero-order valence-electron chi connectivity index (χ0n) is 16.8. The van der Waals surface area contributed by atoms with Gasteiger partial charge in [-0.15, -0.1) is 12.4 Å². The molecule has 0 N–H and O–H groups in total. The van der Waals surface area contributed by atoms with Crippen molar-refractivity contribution in [1.29, 1.82) is 0 Å². The number of rotatable bonds is 4. The summed E-state index contributed by atoms with van der Waals surface area (Å²) in [5.41, 5.74) is 5.03. The van der Waals surface area contributed by atoms with Crippen molar-refractivity contribution in [2.24, 2.45) is 5.92 Å². The van der Waals surface area contributed by atoms with Crippen LogP contribution < -0.4 is 0 Å². The van der Waals surface area contributed by atoms with Gasteiger partial charge in [-0.05, 0) is 61.3 Å². The highest BCUT2D eigenvalue weighted by Gasteiger charge is 2.53. The summed E-state index contributed by atoms with van der Waals surface area (Å²) in [6.45, 7) is 2.24. The summed E-state index contributed by atoms with van der Waals surface area (Å²) in [5, 5.41) is 10.9. The molecule has 29 heavy (non-hydrogen) atoms. The predicted octanol–water partition coefficient (Wildman–Crippen LogP) is 5.32. The van der Waals surface area contributed by atoms with Gasteiger partial charge in [0.2, 0.25) is 0 Å². The SMILES string of the molecule is Cl.O=[N+]([O-])c1ccc(CCN2CC[C@@]34CCCC[C@H]3[C@@H]2Cc2ccccc24)cc1. The fourth-order valence-electron chi connectivity index (χ4n) is 6.39. The van der Waals surface area contributed by atoms with Crippen molar-refractivity contribution in [1.82, 2.24) is 4.90 Å². The second kappa shape index (κ2) is 8.08. The molecule has 1 heterocycles. The number of benzene rings is 2. The van der Waals surface area contributed by atoms with Crippen molar-refractivity contribution >= 4 is 18.1 Å². The molecule has 2 fully saturated rings. The molecule has 1 saturated heterocycles. The molecule has 154 valence electrons. The number of non-ortho nitro benzene ring substituents is 1. The quantitative estimate of drug-likeness (QED) is 0.504. The molecule has 2 aromatic carbocycles. The summed E-state index contributed by atoms with van der Waals surface area (Å²) in [6, 6.07) is 17.0. The van der Waals surface area contributed by atoms with Crippen molar-refractivity contribution in [3.05, 3.63) is 75.3 Å². The Balaban J connectivity index is 0.00000205. The first kappa shape index (κ1) is 20.4. The van der Waals surface area contributed by atoms with E-state index in [1.165, 1.54) is 50.6 Å². The Kier molecular flexibility index (Phi) is 5.67. The Bertz CT molecular complexity index is 885. The van der Waals surface area contributed by atoms with Crippen LogP contribution in [-0.2, 0) is 18.3 Å². The van der Waals surface area contributed by atoms with Crippen molar-refractivity contribution in [2.45, 2.75) is 56.4 Å². The summed E-state index contributed by atoms with van der Waals surface area (Å²) in [4.78, 5) is 13.3. The lowest BCUT2D eigenvalue weighted by molar-refractivity contribution is -0.384. The van der Waals surface area contributed by atoms with Gasteiger partial charge in [-0.3, -0.25) is 15.0 Å². The Morgan fingerprint density at radius 3 is 2.66 bits per heavy atom. The average molecular weight is 413 g/mol. The fraction of sp³-hybridized carbons (Fsp3) is 0.500. The number of nitrogens with zero attached hydrogens (tertiary/aromatic N) is 2. The Morgan fingerprint density at radius 1 is 1.07 bits per heavy atom. The van der Waals surface area contributed by atoms with E-state index in [2.05, 4.69) is 29.2 Å². The molecule has 4 nitrogen and oxygen atoms in total. The molecule has 0 radical (unpaired) electrons. The number of piperidine rings is 1. The van der Waals surface area contributed by atoms with Crippen molar-refractivity contribution < 1.29 is 4.92 Å². The molecule has 0 amide bonds. The first-order valence-electron chi connectivity index (χ1n) is 10.7. The van der Waals surface area contributed by atoms with Gasteiger partial charge in [0, 0.05) is 30.1 Å². The third kappa shape index (κ3) is 3.47. The van der Waals surface area contributed by atoms with Crippen LogP contribution in [0.4, 0.5) is 5.69 Å². The molecule has 0 unspecified atom stereocenters. The summed E-state index contributed by atoms with van der Waals surface area (Å²) >= 11 is 0. The van der Waals surface area contributed by atoms with Crippen LogP contribution in [0.3, 0.4) is 0 Å².